The van der Waals surface area contributed by atoms with Crippen molar-refractivity contribution in [3.05, 3.63) is 130 Å². The van der Waals surface area contributed by atoms with Gasteiger partial charge in [0.2, 0.25) is 0 Å². The Morgan fingerprint density at radius 2 is 0.756 bits per heavy atom. The molecule has 2 aliphatic heterocycles. The minimum Gasteiger partial charge on any atom is -0.354 e. The number of hydrogen-bond donors (Lipinski definition) is 2. The molecule has 0 radical (unpaired) electrons. The van der Waals surface area contributed by atoms with Gasteiger partial charge in [0.15, 0.2) is 0 Å². The monoisotopic (exact) mass is 632 g/mol. The maximum atomic E-state index is 5.32. The summed E-state index contributed by atoms with van der Waals surface area (Å²) in [4.78, 5) is 21.7. The van der Waals surface area contributed by atoms with Crippen LogP contribution >= 0.6 is 34.0 Å². The molecule has 9 rings (SSSR count). The summed E-state index contributed by atoms with van der Waals surface area (Å²) in [6, 6.07) is 32.0. The van der Waals surface area contributed by atoms with Crippen molar-refractivity contribution in [2.75, 3.05) is 0 Å². The van der Waals surface area contributed by atoms with Gasteiger partial charge in [-0.1, -0.05) is 48.5 Å². The molecular formula is C38H24N4S3. The van der Waals surface area contributed by atoms with Gasteiger partial charge in [-0.3, -0.25) is 0 Å². The highest BCUT2D eigenvalue weighted by molar-refractivity contribution is 7.14. The summed E-state index contributed by atoms with van der Waals surface area (Å²) < 4.78 is 0. The number of H-pyrrole nitrogens is 2. The second kappa shape index (κ2) is 10.8. The number of rotatable bonds is 4. The van der Waals surface area contributed by atoms with Gasteiger partial charge in [0.05, 0.1) is 22.8 Å². The first-order valence-electron chi connectivity index (χ1n) is 14.6. The van der Waals surface area contributed by atoms with Crippen molar-refractivity contribution in [1.82, 2.24) is 19.9 Å². The van der Waals surface area contributed by atoms with Gasteiger partial charge in [0, 0.05) is 59.0 Å². The number of thiophene rings is 3. The van der Waals surface area contributed by atoms with Crippen LogP contribution < -0.4 is 0 Å². The molecule has 0 amide bonds. The molecule has 2 aliphatic rings. The Morgan fingerprint density at radius 1 is 0.378 bits per heavy atom. The number of fused-ring (bicyclic) bond motifs is 8. The predicted octanol–water partition coefficient (Wildman–Crippen LogP) is 11.5. The summed E-state index contributed by atoms with van der Waals surface area (Å²) in [5.41, 5.74) is 13.3. The van der Waals surface area contributed by atoms with E-state index in [1.54, 1.807) is 34.0 Å². The lowest BCUT2D eigenvalue weighted by atomic mass is 10.0. The van der Waals surface area contributed by atoms with Gasteiger partial charge >= 0.3 is 0 Å². The maximum absolute atomic E-state index is 5.32. The van der Waals surface area contributed by atoms with Gasteiger partial charge in [0.25, 0.3) is 0 Å². The highest BCUT2D eigenvalue weighted by atomic mass is 32.1. The van der Waals surface area contributed by atoms with Crippen LogP contribution in [0.1, 0.15) is 22.8 Å². The van der Waals surface area contributed by atoms with E-state index in [4.69, 9.17) is 9.97 Å². The predicted molar refractivity (Wildman–Crippen MR) is 194 cm³/mol. The van der Waals surface area contributed by atoms with Gasteiger partial charge in [-0.25, -0.2) is 9.97 Å². The van der Waals surface area contributed by atoms with E-state index < -0.39 is 0 Å². The first-order chi connectivity index (χ1) is 22.3. The number of aromatic amines is 2. The zero-order valence-corrected chi connectivity index (χ0v) is 26.3. The molecule has 0 atom stereocenters. The molecule has 8 bridgehead atoms. The molecule has 1 aromatic carbocycles. The number of nitrogens with zero attached hydrogens (tertiary/aromatic N) is 2. The Bertz CT molecular complexity index is 2370. The molecule has 7 aromatic rings. The van der Waals surface area contributed by atoms with Crippen molar-refractivity contribution in [3.8, 4) is 42.4 Å². The van der Waals surface area contributed by atoms with Crippen LogP contribution in [0, 0.1) is 0 Å². The minimum atomic E-state index is 0.926. The molecule has 0 unspecified atom stereocenters. The second-order valence-electron chi connectivity index (χ2n) is 10.8. The second-order valence-corrected chi connectivity index (χ2v) is 13.6. The van der Waals surface area contributed by atoms with Crippen LogP contribution in [0.4, 0.5) is 0 Å². The van der Waals surface area contributed by atoms with E-state index in [2.05, 4.69) is 141 Å². The molecule has 6 aromatic heterocycles. The Balaban J connectivity index is 1.49. The molecule has 0 saturated heterocycles. The average Bonchev–Trinajstić information content (AvgIpc) is 3.92. The Kier molecular flexibility index (Phi) is 6.33. The first-order valence-corrected chi connectivity index (χ1v) is 17.3. The van der Waals surface area contributed by atoms with E-state index in [9.17, 15) is 0 Å². The van der Waals surface area contributed by atoms with E-state index >= 15 is 0 Å². The van der Waals surface area contributed by atoms with E-state index in [-0.39, 0.29) is 0 Å². The van der Waals surface area contributed by atoms with Crippen molar-refractivity contribution >= 4 is 80.4 Å². The third kappa shape index (κ3) is 4.56. The van der Waals surface area contributed by atoms with Crippen LogP contribution in [0.2, 0.25) is 0 Å². The zero-order valence-electron chi connectivity index (χ0n) is 23.8. The van der Waals surface area contributed by atoms with Crippen LogP contribution in [-0.4, -0.2) is 19.9 Å². The van der Waals surface area contributed by atoms with Crippen molar-refractivity contribution in [2.45, 2.75) is 0 Å². The zero-order chi connectivity index (χ0) is 29.7. The van der Waals surface area contributed by atoms with Gasteiger partial charge in [-0.05, 0) is 88.5 Å². The van der Waals surface area contributed by atoms with Gasteiger partial charge in [0.1, 0.15) is 0 Å². The molecule has 45 heavy (non-hydrogen) atoms. The lowest BCUT2D eigenvalue weighted by Crippen LogP contribution is -1.88. The van der Waals surface area contributed by atoms with E-state index in [1.165, 1.54) is 14.6 Å². The Hall–Kier alpha value is -5.08. The summed E-state index contributed by atoms with van der Waals surface area (Å²) in [6.07, 6.45) is 8.59. The van der Waals surface area contributed by atoms with E-state index in [0.29, 0.717) is 0 Å². The number of nitrogens with one attached hydrogen (secondary N) is 2. The van der Waals surface area contributed by atoms with E-state index in [0.717, 1.165) is 72.7 Å². The SMILES string of the molecule is C1=Cc2nc1c(-c1ccccc1)c1ccc([nH]1)c(-c1cccs1)c1nc(c(-c3cccs3)c3ccc([nH]3)c2-c2cccs2)C=C1. The Morgan fingerprint density at radius 3 is 1.13 bits per heavy atom. The van der Waals surface area contributed by atoms with Crippen LogP contribution in [-0.2, 0) is 0 Å². The number of hydrogen-bond acceptors (Lipinski definition) is 5. The lowest BCUT2D eigenvalue weighted by molar-refractivity contribution is 1.31. The van der Waals surface area contributed by atoms with Crippen LogP contribution in [0.15, 0.2) is 107 Å². The first kappa shape index (κ1) is 26.3. The summed E-state index contributed by atoms with van der Waals surface area (Å²) in [6.45, 7) is 0. The molecule has 0 spiro atoms. The van der Waals surface area contributed by atoms with Gasteiger partial charge in [-0.15, -0.1) is 34.0 Å². The molecule has 4 nitrogen and oxygen atoms in total. The topological polar surface area (TPSA) is 57.4 Å². The van der Waals surface area contributed by atoms with Crippen molar-refractivity contribution in [1.29, 1.82) is 0 Å². The van der Waals surface area contributed by atoms with E-state index in [1.807, 2.05) is 0 Å². The van der Waals surface area contributed by atoms with Gasteiger partial charge in [-0.2, -0.15) is 0 Å². The summed E-state index contributed by atoms with van der Waals surface area (Å²) >= 11 is 5.18. The quantitative estimate of drug-likeness (QED) is 0.203. The number of benzene rings is 1. The fraction of sp³-hybridized carbons (Fsp3) is 0. The van der Waals surface area contributed by atoms with Crippen molar-refractivity contribution in [2.24, 2.45) is 0 Å². The molecule has 214 valence electrons. The van der Waals surface area contributed by atoms with Crippen molar-refractivity contribution < 1.29 is 0 Å². The molecule has 8 heterocycles. The average molecular weight is 633 g/mol. The fourth-order valence-electron chi connectivity index (χ4n) is 6.15. The highest BCUT2D eigenvalue weighted by Gasteiger charge is 2.19. The normalized spacial score (nSPS) is 12.3. The molecule has 7 heteroatoms. The highest BCUT2D eigenvalue weighted by Crippen LogP contribution is 2.40. The standard InChI is InChI=1S/C38H24N4S3/c1-2-7-23(8-3-1)35-24-12-14-26(39-24)36(32-9-4-20-43-32)28-16-18-30(41-28)38(34-11-6-22-45-34)31-19-17-29(42-31)37(33-10-5-21-44-33)27-15-13-25(35)40-27/h1-22,39,42H. The Labute approximate surface area is 271 Å². The summed E-state index contributed by atoms with van der Waals surface area (Å²) in [7, 11) is 0. The third-order valence-electron chi connectivity index (χ3n) is 8.12. The molecule has 0 aliphatic carbocycles. The molecule has 0 fully saturated rings. The fourth-order valence-corrected chi connectivity index (χ4v) is 8.53. The third-order valence-corrected chi connectivity index (χ3v) is 10.8. The van der Waals surface area contributed by atoms with Crippen LogP contribution in [0.25, 0.3) is 88.8 Å². The molecule has 0 saturated carbocycles. The molecule has 2 N–H and O–H groups in total. The largest absolute Gasteiger partial charge is 0.354 e. The van der Waals surface area contributed by atoms with Gasteiger partial charge < -0.3 is 9.97 Å². The van der Waals surface area contributed by atoms with Crippen LogP contribution in [0.5, 0.6) is 0 Å². The van der Waals surface area contributed by atoms with Crippen molar-refractivity contribution in [3.63, 3.8) is 0 Å². The van der Waals surface area contributed by atoms with Crippen LogP contribution in [0.3, 0.4) is 0 Å². The smallest absolute Gasteiger partial charge is 0.0745 e. The minimum absolute atomic E-state index is 0.926. The number of aromatic nitrogens is 4. The summed E-state index contributed by atoms with van der Waals surface area (Å²) in [5.74, 6) is 0. The maximum Gasteiger partial charge on any atom is 0.0745 e. The molecular weight excluding hydrogens is 609 g/mol. The summed E-state index contributed by atoms with van der Waals surface area (Å²) in [5, 5.41) is 6.37. The lowest BCUT2D eigenvalue weighted by Gasteiger charge is -2.05.